The third-order valence-electron chi connectivity index (χ3n) is 1.85. The Morgan fingerprint density at radius 3 is 2.79 bits per heavy atom. The van der Waals surface area contributed by atoms with E-state index in [9.17, 15) is 4.79 Å². The van der Waals surface area contributed by atoms with Crippen molar-refractivity contribution in [1.29, 1.82) is 0 Å². The van der Waals surface area contributed by atoms with E-state index < -0.39 is 12.1 Å². The maximum atomic E-state index is 10.7. The predicted molar refractivity (Wildman–Crippen MR) is 58.9 cm³/mol. The lowest BCUT2D eigenvalue weighted by molar-refractivity contribution is -0.148. The summed E-state index contributed by atoms with van der Waals surface area (Å²) in [4.78, 5) is 12.9. The molecule has 0 amide bonds. The Kier molecular flexibility index (Phi) is 4.10. The van der Waals surface area contributed by atoms with Gasteiger partial charge >= 0.3 is 5.97 Å². The standard InChI is InChI=1S/C9H11BrO3S/c1-5-7(10)3-6(14-5)4-8(13-2)9(11)12/h3,8H,4H2,1-2H3,(H,11,12). The van der Waals surface area contributed by atoms with Crippen molar-refractivity contribution in [2.45, 2.75) is 19.4 Å². The molecule has 1 rings (SSSR count). The van der Waals surface area contributed by atoms with Gasteiger partial charge in [-0.15, -0.1) is 11.3 Å². The Labute approximate surface area is 94.8 Å². The van der Waals surface area contributed by atoms with Crippen molar-refractivity contribution in [3.8, 4) is 0 Å². The summed E-state index contributed by atoms with van der Waals surface area (Å²) in [5.74, 6) is -0.922. The fraction of sp³-hybridized carbons (Fsp3) is 0.444. The van der Waals surface area contributed by atoms with Gasteiger partial charge in [-0.05, 0) is 28.9 Å². The number of carboxylic acid groups (broad SMARTS) is 1. The first-order valence-electron chi connectivity index (χ1n) is 4.05. The van der Waals surface area contributed by atoms with Crippen LogP contribution in [0.15, 0.2) is 10.5 Å². The molecular formula is C9H11BrO3S. The van der Waals surface area contributed by atoms with Crippen LogP contribution in [0.2, 0.25) is 0 Å². The van der Waals surface area contributed by atoms with E-state index in [0.717, 1.165) is 14.2 Å². The van der Waals surface area contributed by atoms with Crippen LogP contribution < -0.4 is 0 Å². The molecule has 0 spiro atoms. The fourth-order valence-electron chi connectivity index (χ4n) is 1.07. The summed E-state index contributed by atoms with van der Waals surface area (Å²) in [7, 11) is 1.41. The first kappa shape index (κ1) is 11.7. The van der Waals surface area contributed by atoms with E-state index in [4.69, 9.17) is 9.84 Å². The Morgan fingerprint density at radius 1 is 1.79 bits per heavy atom. The number of carboxylic acids is 1. The van der Waals surface area contributed by atoms with Crippen molar-refractivity contribution in [3.05, 3.63) is 20.3 Å². The zero-order valence-electron chi connectivity index (χ0n) is 7.91. The topological polar surface area (TPSA) is 46.5 Å². The van der Waals surface area contributed by atoms with E-state index >= 15 is 0 Å². The Bertz CT molecular complexity index is 315. The smallest absolute Gasteiger partial charge is 0.333 e. The van der Waals surface area contributed by atoms with Crippen molar-refractivity contribution < 1.29 is 14.6 Å². The van der Waals surface area contributed by atoms with Crippen LogP contribution in [0, 0.1) is 6.92 Å². The van der Waals surface area contributed by atoms with Gasteiger partial charge in [0.05, 0.1) is 0 Å². The zero-order valence-corrected chi connectivity index (χ0v) is 10.3. The molecule has 14 heavy (non-hydrogen) atoms. The molecule has 0 radical (unpaired) electrons. The van der Waals surface area contributed by atoms with E-state index in [0.29, 0.717) is 6.42 Å². The molecule has 0 saturated carbocycles. The molecule has 1 atom stereocenters. The monoisotopic (exact) mass is 278 g/mol. The minimum atomic E-state index is -0.922. The normalized spacial score (nSPS) is 12.8. The number of methoxy groups -OCH3 is 1. The Hall–Kier alpha value is -0.390. The van der Waals surface area contributed by atoms with Crippen LogP contribution in [-0.4, -0.2) is 24.3 Å². The molecular weight excluding hydrogens is 268 g/mol. The van der Waals surface area contributed by atoms with Gasteiger partial charge in [0.1, 0.15) is 0 Å². The number of hydrogen-bond acceptors (Lipinski definition) is 3. The van der Waals surface area contributed by atoms with E-state index in [-0.39, 0.29) is 0 Å². The van der Waals surface area contributed by atoms with Gasteiger partial charge in [-0.3, -0.25) is 0 Å². The zero-order chi connectivity index (χ0) is 10.7. The summed E-state index contributed by atoms with van der Waals surface area (Å²) in [5, 5.41) is 8.78. The van der Waals surface area contributed by atoms with Crippen LogP contribution in [0.3, 0.4) is 0 Å². The molecule has 1 unspecified atom stereocenters. The van der Waals surface area contributed by atoms with Gasteiger partial charge in [-0.2, -0.15) is 0 Å². The number of hydrogen-bond donors (Lipinski definition) is 1. The maximum absolute atomic E-state index is 10.7. The third kappa shape index (κ3) is 2.80. The molecule has 0 aliphatic rings. The molecule has 0 fully saturated rings. The molecule has 0 aromatic carbocycles. The predicted octanol–water partition coefficient (Wildman–Crippen LogP) is 2.46. The molecule has 0 aliphatic carbocycles. The van der Waals surface area contributed by atoms with E-state index in [1.54, 1.807) is 11.3 Å². The number of halogens is 1. The molecule has 3 nitrogen and oxygen atoms in total. The van der Waals surface area contributed by atoms with Gasteiger partial charge < -0.3 is 9.84 Å². The highest BCUT2D eigenvalue weighted by Gasteiger charge is 2.18. The molecule has 78 valence electrons. The van der Waals surface area contributed by atoms with Crippen LogP contribution >= 0.6 is 27.3 Å². The second-order valence-corrected chi connectivity index (χ2v) is 5.08. The lowest BCUT2D eigenvalue weighted by atomic mass is 10.2. The molecule has 0 saturated heterocycles. The molecule has 5 heteroatoms. The molecule has 1 aromatic rings. The average molecular weight is 279 g/mol. The van der Waals surface area contributed by atoms with Gasteiger partial charge in [-0.1, -0.05) is 0 Å². The second kappa shape index (κ2) is 4.91. The van der Waals surface area contributed by atoms with Gasteiger partial charge in [0.25, 0.3) is 0 Å². The number of ether oxygens (including phenoxy) is 1. The van der Waals surface area contributed by atoms with Crippen molar-refractivity contribution >= 4 is 33.2 Å². The Balaban J connectivity index is 2.72. The fourth-order valence-corrected chi connectivity index (χ4v) is 2.70. The number of aryl methyl sites for hydroxylation is 1. The highest BCUT2D eigenvalue weighted by atomic mass is 79.9. The number of thiophene rings is 1. The largest absolute Gasteiger partial charge is 0.479 e. The highest BCUT2D eigenvalue weighted by Crippen LogP contribution is 2.27. The molecule has 1 heterocycles. The van der Waals surface area contributed by atoms with Gasteiger partial charge in [-0.25, -0.2) is 4.79 Å². The number of aliphatic carboxylic acids is 1. The van der Waals surface area contributed by atoms with Crippen LogP contribution in [0.4, 0.5) is 0 Å². The van der Waals surface area contributed by atoms with Crippen molar-refractivity contribution in [2.75, 3.05) is 7.11 Å². The Morgan fingerprint density at radius 2 is 2.43 bits per heavy atom. The van der Waals surface area contributed by atoms with Crippen LogP contribution in [0.25, 0.3) is 0 Å². The molecule has 1 aromatic heterocycles. The second-order valence-electron chi connectivity index (χ2n) is 2.88. The van der Waals surface area contributed by atoms with Crippen molar-refractivity contribution in [2.24, 2.45) is 0 Å². The summed E-state index contributed by atoms with van der Waals surface area (Å²) < 4.78 is 5.88. The van der Waals surface area contributed by atoms with Crippen LogP contribution in [0.5, 0.6) is 0 Å². The third-order valence-corrected chi connectivity index (χ3v) is 4.01. The minimum Gasteiger partial charge on any atom is -0.479 e. The number of carbonyl (C=O) groups is 1. The van der Waals surface area contributed by atoms with E-state index in [1.807, 2.05) is 13.0 Å². The van der Waals surface area contributed by atoms with Crippen molar-refractivity contribution in [3.63, 3.8) is 0 Å². The quantitative estimate of drug-likeness (QED) is 0.921. The minimum absolute atomic E-state index is 0.420. The van der Waals surface area contributed by atoms with Crippen molar-refractivity contribution in [1.82, 2.24) is 0 Å². The first-order valence-corrected chi connectivity index (χ1v) is 5.66. The summed E-state index contributed by atoms with van der Waals surface area (Å²) in [6.07, 6.45) is -0.330. The summed E-state index contributed by atoms with van der Waals surface area (Å²) >= 11 is 4.97. The summed E-state index contributed by atoms with van der Waals surface area (Å²) in [6.45, 7) is 1.99. The first-order chi connectivity index (χ1) is 6.54. The van der Waals surface area contributed by atoms with Gasteiger partial charge in [0, 0.05) is 27.8 Å². The van der Waals surface area contributed by atoms with E-state index in [1.165, 1.54) is 7.11 Å². The van der Waals surface area contributed by atoms with Gasteiger partial charge in [0.2, 0.25) is 0 Å². The highest BCUT2D eigenvalue weighted by molar-refractivity contribution is 9.10. The number of rotatable bonds is 4. The molecule has 0 aliphatic heterocycles. The maximum Gasteiger partial charge on any atom is 0.333 e. The summed E-state index contributed by atoms with van der Waals surface area (Å²) in [5.41, 5.74) is 0. The lowest BCUT2D eigenvalue weighted by Crippen LogP contribution is -2.24. The molecule has 1 N–H and O–H groups in total. The van der Waals surface area contributed by atoms with Gasteiger partial charge in [0.15, 0.2) is 6.10 Å². The lowest BCUT2D eigenvalue weighted by Gasteiger charge is -2.07. The average Bonchev–Trinajstić information content (AvgIpc) is 2.41. The van der Waals surface area contributed by atoms with Crippen LogP contribution in [-0.2, 0) is 16.0 Å². The SMILES string of the molecule is COC(Cc1cc(Br)c(C)s1)C(=O)O. The van der Waals surface area contributed by atoms with E-state index in [2.05, 4.69) is 15.9 Å². The molecule has 0 bridgehead atoms. The van der Waals surface area contributed by atoms with Crippen LogP contribution in [0.1, 0.15) is 9.75 Å². The summed E-state index contributed by atoms with van der Waals surface area (Å²) in [6, 6.07) is 1.94.